The maximum absolute atomic E-state index is 13.1. The van der Waals surface area contributed by atoms with Crippen LogP contribution in [0.25, 0.3) is 10.9 Å². The van der Waals surface area contributed by atoms with Crippen molar-refractivity contribution in [1.82, 2.24) is 9.55 Å². The maximum Gasteiger partial charge on any atom is 0.387 e. The van der Waals surface area contributed by atoms with E-state index in [1.807, 2.05) is 12.1 Å². The molecule has 1 N–H and O–H groups in total. The minimum atomic E-state index is -2.99. The monoisotopic (exact) mass is 479 g/mol. The van der Waals surface area contributed by atoms with Crippen molar-refractivity contribution in [3.8, 4) is 5.75 Å². The number of para-hydroxylation sites is 1. The summed E-state index contributed by atoms with van der Waals surface area (Å²) in [5.74, 6) is -0.492. The number of fused-ring (bicyclic) bond motifs is 1. The van der Waals surface area contributed by atoms with Gasteiger partial charge in [-0.15, -0.1) is 0 Å². The smallest absolute Gasteiger partial charge is 0.387 e. The normalized spacial score (nSPS) is 14.2. The molecule has 168 valence electrons. The van der Waals surface area contributed by atoms with E-state index in [1.54, 1.807) is 16.7 Å². The number of nitrogens with one attached hydrogen (secondary N) is 1. The zero-order chi connectivity index (χ0) is 22.7. The second kappa shape index (κ2) is 9.87. The Kier molecular flexibility index (Phi) is 6.95. The van der Waals surface area contributed by atoms with E-state index in [0.717, 1.165) is 25.7 Å². The zero-order valence-corrected chi connectivity index (χ0v) is 18.5. The van der Waals surface area contributed by atoms with Crippen LogP contribution in [0.15, 0.2) is 52.4 Å². The second-order valence-corrected chi connectivity index (χ2v) is 8.74. The summed E-state index contributed by atoms with van der Waals surface area (Å²) in [6.07, 6.45) is 3.93. The molecule has 1 fully saturated rings. The first kappa shape index (κ1) is 22.5. The quantitative estimate of drug-likeness (QED) is 0.358. The largest absolute Gasteiger partial charge is 0.433 e. The number of carbonyl (C=O) groups excluding carboxylic acids is 1. The highest BCUT2D eigenvalue weighted by molar-refractivity contribution is 7.99. The fraction of sp³-hybridized carbons (Fsp3) is 0.318. The van der Waals surface area contributed by atoms with E-state index >= 15 is 0 Å². The summed E-state index contributed by atoms with van der Waals surface area (Å²) in [5.41, 5.74) is 0.852. The standard InChI is InChI=1S/C22H20ClF2N3O3S/c23-16-11-13(9-10-18(16)31-21(24)25)26-19(29)12-32-22-27-17-8-4-3-7-15(17)20(30)28(22)14-5-1-2-6-14/h3-4,7-11,14,21H,1-2,5-6,12H2,(H,26,29). The Balaban J connectivity index is 1.51. The first-order valence-corrected chi connectivity index (χ1v) is 11.5. The number of halogens is 3. The highest BCUT2D eigenvalue weighted by Gasteiger charge is 2.23. The summed E-state index contributed by atoms with van der Waals surface area (Å²) in [7, 11) is 0. The van der Waals surface area contributed by atoms with Crippen molar-refractivity contribution in [1.29, 1.82) is 0 Å². The van der Waals surface area contributed by atoms with Crippen LogP contribution < -0.4 is 15.6 Å². The lowest BCUT2D eigenvalue weighted by Gasteiger charge is -2.18. The number of ether oxygens (including phenoxy) is 1. The molecule has 0 saturated heterocycles. The zero-order valence-electron chi connectivity index (χ0n) is 16.9. The van der Waals surface area contributed by atoms with Crippen molar-refractivity contribution in [2.75, 3.05) is 11.1 Å². The van der Waals surface area contributed by atoms with Crippen molar-refractivity contribution >= 4 is 45.9 Å². The minimum Gasteiger partial charge on any atom is -0.433 e. The van der Waals surface area contributed by atoms with Crippen LogP contribution in [0.2, 0.25) is 5.02 Å². The Morgan fingerprint density at radius 1 is 1.25 bits per heavy atom. The van der Waals surface area contributed by atoms with Crippen molar-refractivity contribution < 1.29 is 18.3 Å². The van der Waals surface area contributed by atoms with Crippen LogP contribution in [-0.2, 0) is 4.79 Å². The van der Waals surface area contributed by atoms with E-state index in [2.05, 4.69) is 15.0 Å². The van der Waals surface area contributed by atoms with Crippen molar-refractivity contribution in [2.24, 2.45) is 0 Å². The Morgan fingerprint density at radius 3 is 2.72 bits per heavy atom. The van der Waals surface area contributed by atoms with Crippen LogP contribution >= 0.6 is 23.4 Å². The highest BCUT2D eigenvalue weighted by atomic mass is 35.5. The Hall–Kier alpha value is -2.65. The van der Waals surface area contributed by atoms with Crippen LogP contribution in [0.3, 0.4) is 0 Å². The first-order valence-electron chi connectivity index (χ1n) is 10.1. The molecule has 0 spiro atoms. The molecule has 32 heavy (non-hydrogen) atoms. The summed E-state index contributed by atoms with van der Waals surface area (Å²) in [6, 6.07) is 11.3. The van der Waals surface area contributed by atoms with Gasteiger partial charge in [-0.05, 0) is 43.2 Å². The van der Waals surface area contributed by atoms with Gasteiger partial charge >= 0.3 is 6.61 Å². The lowest BCUT2D eigenvalue weighted by Crippen LogP contribution is -2.27. The lowest BCUT2D eigenvalue weighted by molar-refractivity contribution is -0.113. The summed E-state index contributed by atoms with van der Waals surface area (Å²) >= 11 is 7.12. The number of amides is 1. The maximum atomic E-state index is 13.1. The molecular formula is C22H20ClF2N3O3S. The van der Waals surface area contributed by atoms with E-state index in [-0.39, 0.29) is 34.0 Å². The fourth-order valence-electron chi connectivity index (χ4n) is 3.81. The number of hydrogen-bond acceptors (Lipinski definition) is 5. The van der Waals surface area contributed by atoms with Gasteiger partial charge in [0.1, 0.15) is 5.75 Å². The third-order valence-electron chi connectivity index (χ3n) is 5.23. The molecule has 10 heteroatoms. The molecule has 0 bridgehead atoms. The summed E-state index contributed by atoms with van der Waals surface area (Å²) in [5, 5.41) is 3.70. The van der Waals surface area contributed by atoms with E-state index in [9.17, 15) is 18.4 Å². The highest BCUT2D eigenvalue weighted by Crippen LogP contribution is 2.32. The molecule has 4 rings (SSSR count). The number of alkyl halides is 2. The van der Waals surface area contributed by atoms with Gasteiger partial charge in [0, 0.05) is 11.7 Å². The number of benzene rings is 2. The minimum absolute atomic E-state index is 0.0183. The Labute approximate surface area is 191 Å². The van der Waals surface area contributed by atoms with Gasteiger partial charge in [-0.3, -0.25) is 14.2 Å². The Morgan fingerprint density at radius 2 is 2.00 bits per heavy atom. The molecule has 1 aliphatic rings. The SMILES string of the molecule is O=C(CSc1nc2ccccc2c(=O)n1C1CCCC1)Nc1ccc(OC(F)F)c(Cl)c1. The van der Waals surface area contributed by atoms with E-state index in [0.29, 0.717) is 21.7 Å². The number of aromatic nitrogens is 2. The molecule has 1 heterocycles. The Bertz CT molecular complexity index is 1200. The van der Waals surface area contributed by atoms with Crippen LogP contribution in [-0.4, -0.2) is 27.8 Å². The van der Waals surface area contributed by atoms with Crippen molar-refractivity contribution in [3.63, 3.8) is 0 Å². The summed E-state index contributed by atoms with van der Waals surface area (Å²) in [6.45, 7) is -2.99. The number of anilines is 1. The summed E-state index contributed by atoms with van der Waals surface area (Å²) in [4.78, 5) is 30.3. The predicted molar refractivity (Wildman–Crippen MR) is 121 cm³/mol. The average Bonchev–Trinajstić information content (AvgIpc) is 3.28. The van der Waals surface area contributed by atoms with Crippen molar-refractivity contribution in [2.45, 2.75) is 43.5 Å². The van der Waals surface area contributed by atoms with Gasteiger partial charge in [-0.25, -0.2) is 4.98 Å². The number of rotatable bonds is 7. The van der Waals surface area contributed by atoms with Gasteiger partial charge in [0.05, 0.1) is 21.7 Å². The van der Waals surface area contributed by atoms with Gasteiger partial charge in [0.25, 0.3) is 5.56 Å². The third-order valence-corrected chi connectivity index (χ3v) is 6.48. The molecular weight excluding hydrogens is 460 g/mol. The molecule has 0 atom stereocenters. The van der Waals surface area contributed by atoms with E-state index in [1.165, 1.54) is 30.0 Å². The van der Waals surface area contributed by atoms with Gasteiger partial charge in [0.2, 0.25) is 5.91 Å². The van der Waals surface area contributed by atoms with Gasteiger partial charge in [-0.1, -0.05) is 48.3 Å². The molecule has 6 nitrogen and oxygen atoms in total. The number of nitrogens with zero attached hydrogens (tertiary/aromatic N) is 2. The van der Waals surface area contributed by atoms with Crippen LogP contribution in [0, 0.1) is 0 Å². The first-order chi connectivity index (χ1) is 15.4. The molecule has 1 amide bonds. The molecule has 2 aromatic carbocycles. The van der Waals surface area contributed by atoms with Crippen molar-refractivity contribution in [3.05, 3.63) is 57.8 Å². The third kappa shape index (κ3) is 5.05. The molecule has 3 aromatic rings. The van der Waals surface area contributed by atoms with E-state index in [4.69, 9.17) is 11.6 Å². The average molecular weight is 480 g/mol. The predicted octanol–water partition coefficient (Wildman–Crippen LogP) is 5.50. The molecule has 0 aliphatic heterocycles. The molecule has 1 saturated carbocycles. The fourth-order valence-corrected chi connectivity index (χ4v) is 4.90. The second-order valence-electron chi connectivity index (χ2n) is 7.39. The van der Waals surface area contributed by atoms with Crippen LogP contribution in [0.1, 0.15) is 31.7 Å². The topological polar surface area (TPSA) is 73.2 Å². The lowest BCUT2D eigenvalue weighted by atomic mass is 10.2. The molecule has 1 aromatic heterocycles. The van der Waals surface area contributed by atoms with Gasteiger partial charge < -0.3 is 10.1 Å². The molecule has 0 unspecified atom stereocenters. The molecule has 0 radical (unpaired) electrons. The molecule has 1 aliphatic carbocycles. The number of carbonyl (C=O) groups is 1. The van der Waals surface area contributed by atoms with Gasteiger partial charge in [0.15, 0.2) is 5.16 Å². The number of hydrogen-bond donors (Lipinski definition) is 1. The van der Waals surface area contributed by atoms with Crippen LogP contribution in [0.5, 0.6) is 5.75 Å². The van der Waals surface area contributed by atoms with Crippen LogP contribution in [0.4, 0.5) is 14.5 Å². The van der Waals surface area contributed by atoms with E-state index < -0.39 is 6.61 Å². The van der Waals surface area contributed by atoms with Gasteiger partial charge in [-0.2, -0.15) is 8.78 Å². The summed E-state index contributed by atoms with van der Waals surface area (Å²) < 4.78 is 30.7. The number of thioether (sulfide) groups is 1.